The van der Waals surface area contributed by atoms with E-state index in [1.54, 1.807) is 32.2 Å². The molecule has 18 heavy (non-hydrogen) atoms. The van der Waals surface area contributed by atoms with Gasteiger partial charge in [-0.25, -0.2) is 0 Å². The first-order valence-electron chi connectivity index (χ1n) is 5.71. The van der Waals surface area contributed by atoms with Crippen LogP contribution in [0.25, 0.3) is 0 Å². The topological polar surface area (TPSA) is 49.8 Å². The van der Waals surface area contributed by atoms with Crippen LogP contribution in [-0.4, -0.2) is 42.2 Å². The van der Waals surface area contributed by atoms with Crippen molar-refractivity contribution < 1.29 is 14.6 Å². The zero-order valence-electron chi connectivity index (χ0n) is 10.8. The Hall–Kier alpha value is -1.26. The Morgan fingerprint density at radius 3 is 2.78 bits per heavy atom. The lowest BCUT2D eigenvalue weighted by molar-refractivity contribution is -0.134. The summed E-state index contributed by atoms with van der Waals surface area (Å²) in [7, 11) is 1.64. The third-order valence-electron chi connectivity index (χ3n) is 2.81. The van der Waals surface area contributed by atoms with E-state index in [0.29, 0.717) is 10.8 Å². The van der Waals surface area contributed by atoms with E-state index in [2.05, 4.69) is 0 Å². The molecule has 0 aromatic heterocycles. The highest BCUT2D eigenvalue weighted by atomic mass is 35.5. The SMILES string of the molecule is Cc1cc(OCC(=O)N(C)C(C)CO)ccc1Cl. The number of carbonyl (C=O) groups excluding carboxylic acids is 1. The zero-order valence-corrected chi connectivity index (χ0v) is 11.6. The van der Waals surface area contributed by atoms with Gasteiger partial charge in [0.05, 0.1) is 12.6 Å². The fourth-order valence-electron chi connectivity index (χ4n) is 1.32. The molecule has 4 nitrogen and oxygen atoms in total. The van der Waals surface area contributed by atoms with Crippen molar-refractivity contribution in [2.24, 2.45) is 0 Å². The predicted molar refractivity (Wildman–Crippen MR) is 71.0 cm³/mol. The van der Waals surface area contributed by atoms with E-state index in [9.17, 15) is 4.79 Å². The van der Waals surface area contributed by atoms with Gasteiger partial charge in [0.25, 0.3) is 5.91 Å². The Balaban J connectivity index is 2.54. The molecule has 0 heterocycles. The molecule has 5 heteroatoms. The Labute approximate surface area is 112 Å². The summed E-state index contributed by atoms with van der Waals surface area (Å²) in [6, 6.07) is 5.02. The molecule has 1 rings (SSSR count). The molecule has 0 aliphatic carbocycles. The fraction of sp³-hybridized carbons (Fsp3) is 0.462. The number of hydrogen-bond acceptors (Lipinski definition) is 3. The van der Waals surface area contributed by atoms with Crippen LogP contribution in [0.5, 0.6) is 5.75 Å². The van der Waals surface area contributed by atoms with Gasteiger partial charge in [-0.2, -0.15) is 0 Å². The number of amides is 1. The van der Waals surface area contributed by atoms with E-state index in [-0.39, 0.29) is 25.2 Å². The first kappa shape index (κ1) is 14.8. The molecule has 0 radical (unpaired) electrons. The van der Waals surface area contributed by atoms with E-state index in [1.165, 1.54) is 4.90 Å². The lowest BCUT2D eigenvalue weighted by atomic mass is 10.2. The van der Waals surface area contributed by atoms with Crippen molar-refractivity contribution in [1.29, 1.82) is 0 Å². The maximum absolute atomic E-state index is 11.7. The van der Waals surface area contributed by atoms with Crippen LogP contribution in [0.2, 0.25) is 5.02 Å². The van der Waals surface area contributed by atoms with Crippen LogP contribution in [0.3, 0.4) is 0 Å². The van der Waals surface area contributed by atoms with Gasteiger partial charge in [-0.05, 0) is 37.6 Å². The Bertz CT molecular complexity index is 423. The van der Waals surface area contributed by atoms with Crippen LogP contribution >= 0.6 is 11.6 Å². The minimum absolute atomic E-state index is 0.0537. The molecule has 0 fully saturated rings. The molecular weight excluding hydrogens is 254 g/mol. The van der Waals surface area contributed by atoms with Crippen LogP contribution in [-0.2, 0) is 4.79 Å². The summed E-state index contributed by atoms with van der Waals surface area (Å²) in [5.41, 5.74) is 0.902. The molecule has 1 N–H and O–H groups in total. The summed E-state index contributed by atoms with van der Waals surface area (Å²) in [6.45, 7) is 3.52. The highest BCUT2D eigenvalue weighted by Gasteiger charge is 2.15. The second-order valence-electron chi connectivity index (χ2n) is 4.24. The standard InChI is InChI=1S/C13H18ClNO3/c1-9-6-11(4-5-12(9)14)18-8-13(17)15(3)10(2)7-16/h4-6,10,16H,7-8H2,1-3H3. The number of aliphatic hydroxyl groups is 1. The summed E-state index contributed by atoms with van der Waals surface area (Å²) in [5.74, 6) is 0.430. The van der Waals surface area contributed by atoms with Crippen LogP contribution in [0.15, 0.2) is 18.2 Å². The fourth-order valence-corrected chi connectivity index (χ4v) is 1.44. The van der Waals surface area contributed by atoms with Gasteiger partial charge in [0.15, 0.2) is 6.61 Å². The number of ether oxygens (including phenoxy) is 1. The van der Waals surface area contributed by atoms with Gasteiger partial charge in [0, 0.05) is 12.1 Å². The second kappa shape index (κ2) is 6.61. The lowest BCUT2D eigenvalue weighted by Gasteiger charge is -2.23. The number of halogens is 1. The van der Waals surface area contributed by atoms with Gasteiger partial charge in [-0.1, -0.05) is 11.6 Å². The number of carbonyl (C=O) groups is 1. The minimum Gasteiger partial charge on any atom is -0.484 e. The largest absolute Gasteiger partial charge is 0.484 e. The van der Waals surface area contributed by atoms with E-state index >= 15 is 0 Å². The summed E-state index contributed by atoms with van der Waals surface area (Å²) in [6.07, 6.45) is 0. The van der Waals surface area contributed by atoms with Gasteiger partial charge >= 0.3 is 0 Å². The maximum Gasteiger partial charge on any atom is 0.260 e. The summed E-state index contributed by atoms with van der Waals surface area (Å²) >= 11 is 5.90. The highest BCUT2D eigenvalue weighted by molar-refractivity contribution is 6.31. The summed E-state index contributed by atoms with van der Waals surface area (Å²) < 4.78 is 5.39. The molecule has 1 atom stereocenters. The Morgan fingerprint density at radius 1 is 1.56 bits per heavy atom. The van der Waals surface area contributed by atoms with Crippen molar-refractivity contribution in [1.82, 2.24) is 4.90 Å². The number of benzene rings is 1. The smallest absolute Gasteiger partial charge is 0.260 e. The average Bonchev–Trinajstić information content (AvgIpc) is 2.37. The van der Waals surface area contributed by atoms with Gasteiger partial charge in [-0.3, -0.25) is 4.79 Å². The molecule has 1 aromatic rings. The van der Waals surface area contributed by atoms with Crippen molar-refractivity contribution in [3.63, 3.8) is 0 Å². The summed E-state index contributed by atoms with van der Waals surface area (Å²) in [4.78, 5) is 13.2. The predicted octanol–water partition coefficient (Wildman–Crippen LogP) is 1.87. The number of aliphatic hydroxyl groups excluding tert-OH is 1. The molecule has 0 spiro atoms. The molecule has 100 valence electrons. The second-order valence-corrected chi connectivity index (χ2v) is 4.64. The molecule has 1 aromatic carbocycles. The van der Waals surface area contributed by atoms with Crippen LogP contribution < -0.4 is 4.74 Å². The van der Waals surface area contributed by atoms with Crippen molar-refractivity contribution in [3.05, 3.63) is 28.8 Å². The molecule has 1 unspecified atom stereocenters. The minimum atomic E-state index is -0.215. The normalized spacial score (nSPS) is 12.1. The average molecular weight is 272 g/mol. The van der Waals surface area contributed by atoms with Gasteiger partial charge in [0.1, 0.15) is 5.75 Å². The Morgan fingerprint density at radius 2 is 2.22 bits per heavy atom. The van der Waals surface area contributed by atoms with Crippen molar-refractivity contribution in [3.8, 4) is 5.75 Å². The molecule has 1 amide bonds. The van der Waals surface area contributed by atoms with Crippen molar-refractivity contribution in [2.45, 2.75) is 19.9 Å². The third kappa shape index (κ3) is 3.89. The number of rotatable bonds is 5. The number of likely N-dealkylation sites (N-methyl/N-ethyl adjacent to an activating group) is 1. The van der Waals surface area contributed by atoms with Crippen molar-refractivity contribution >= 4 is 17.5 Å². The highest BCUT2D eigenvalue weighted by Crippen LogP contribution is 2.20. The monoisotopic (exact) mass is 271 g/mol. The number of hydrogen-bond donors (Lipinski definition) is 1. The van der Waals surface area contributed by atoms with Gasteiger partial charge in [0.2, 0.25) is 0 Å². The molecule has 0 aliphatic rings. The van der Waals surface area contributed by atoms with E-state index < -0.39 is 0 Å². The van der Waals surface area contributed by atoms with Crippen molar-refractivity contribution in [2.75, 3.05) is 20.3 Å². The summed E-state index contributed by atoms with van der Waals surface area (Å²) in [5, 5.41) is 9.62. The Kier molecular flexibility index (Phi) is 5.44. The van der Waals surface area contributed by atoms with E-state index in [1.807, 2.05) is 6.92 Å². The molecular formula is C13H18ClNO3. The quantitative estimate of drug-likeness (QED) is 0.889. The van der Waals surface area contributed by atoms with E-state index in [0.717, 1.165) is 5.56 Å². The maximum atomic E-state index is 11.7. The molecule has 0 saturated carbocycles. The number of aryl methyl sites for hydroxylation is 1. The van der Waals surface area contributed by atoms with Crippen LogP contribution in [0, 0.1) is 6.92 Å². The first-order chi connectivity index (χ1) is 8.45. The first-order valence-corrected chi connectivity index (χ1v) is 6.09. The van der Waals surface area contributed by atoms with Gasteiger partial charge < -0.3 is 14.7 Å². The molecule has 0 aliphatic heterocycles. The third-order valence-corrected chi connectivity index (χ3v) is 3.23. The number of nitrogens with zero attached hydrogens (tertiary/aromatic N) is 1. The van der Waals surface area contributed by atoms with Crippen LogP contribution in [0.4, 0.5) is 0 Å². The van der Waals surface area contributed by atoms with E-state index in [4.69, 9.17) is 21.4 Å². The molecule has 0 saturated heterocycles. The van der Waals surface area contributed by atoms with Gasteiger partial charge in [-0.15, -0.1) is 0 Å². The lowest BCUT2D eigenvalue weighted by Crippen LogP contribution is -2.40. The zero-order chi connectivity index (χ0) is 13.7. The van der Waals surface area contributed by atoms with Crippen LogP contribution in [0.1, 0.15) is 12.5 Å². The molecule has 0 bridgehead atoms.